The van der Waals surface area contributed by atoms with Gasteiger partial charge in [-0.15, -0.1) is 0 Å². The zero-order valence-electron chi connectivity index (χ0n) is 15.6. The van der Waals surface area contributed by atoms with Crippen LogP contribution < -0.4 is 4.74 Å². The van der Waals surface area contributed by atoms with Gasteiger partial charge in [-0.05, 0) is 30.3 Å². The third-order valence-electron chi connectivity index (χ3n) is 4.72. The minimum atomic E-state index is -0.327. The molecule has 1 aliphatic heterocycles. The molecule has 1 aromatic carbocycles. The first-order chi connectivity index (χ1) is 14.0. The van der Waals surface area contributed by atoms with Crippen molar-refractivity contribution in [3.05, 3.63) is 59.9 Å². The summed E-state index contributed by atoms with van der Waals surface area (Å²) in [7, 11) is 1.70. The number of carbonyl (C=O) groups is 1. The summed E-state index contributed by atoms with van der Waals surface area (Å²) in [5.74, 6) is -0.320. The fraction of sp³-hybridized carbons (Fsp3) is 0.250. The quantitative estimate of drug-likeness (QED) is 0.675. The van der Waals surface area contributed by atoms with Crippen molar-refractivity contribution in [2.45, 2.75) is 12.5 Å². The van der Waals surface area contributed by atoms with Gasteiger partial charge in [-0.2, -0.15) is 10.4 Å². The van der Waals surface area contributed by atoms with Gasteiger partial charge < -0.3 is 9.64 Å². The fourth-order valence-corrected chi connectivity index (χ4v) is 3.25. The first-order valence-corrected chi connectivity index (χ1v) is 9.02. The van der Waals surface area contributed by atoms with Gasteiger partial charge in [0.15, 0.2) is 0 Å². The first-order valence-electron chi connectivity index (χ1n) is 9.02. The Morgan fingerprint density at radius 2 is 2.03 bits per heavy atom. The molecule has 9 heteroatoms. The standard InChI is InChI=1S/C20H17FN6O2/c1-26-18(10-16(25-26)13-2-4-14(21)5-3-13)20(28)27-9-6-15(12-27)29-19-17(11-22)23-7-8-24-19/h2-5,7-8,10,15H,6,9,12H2,1H3. The molecule has 1 saturated heterocycles. The molecule has 3 aromatic rings. The van der Waals surface area contributed by atoms with Crippen LogP contribution in [-0.2, 0) is 7.05 Å². The van der Waals surface area contributed by atoms with Crippen LogP contribution in [0, 0.1) is 17.1 Å². The number of benzene rings is 1. The number of nitrogens with zero attached hydrogens (tertiary/aromatic N) is 6. The Bertz CT molecular complexity index is 1090. The van der Waals surface area contributed by atoms with Gasteiger partial charge in [0.05, 0.1) is 12.2 Å². The van der Waals surface area contributed by atoms with Gasteiger partial charge in [-0.1, -0.05) is 0 Å². The van der Waals surface area contributed by atoms with Gasteiger partial charge in [-0.3, -0.25) is 9.48 Å². The van der Waals surface area contributed by atoms with Crippen molar-refractivity contribution >= 4 is 5.91 Å². The maximum atomic E-state index is 13.1. The largest absolute Gasteiger partial charge is 0.470 e. The Morgan fingerprint density at radius 3 is 2.79 bits per heavy atom. The number of aromatic nitrogens is 4. The lowest BCUT2D eigenvalue weighted by Crippen LogP contribution is -2.32. The first kappa shape index (κ1) is 18.6. The predicted molar refractivity (Wildman–Crippen MR) is 100 cm³/mol. The summed E-state index contributed by atoms with van der Waals surface area (Å²) in [4.78, 5) is 22.6. The number of aryl methyl sites for hydroxylation is 1. The lowest BCUT2D eigenvalue weighted by Gasteiger charge is -2.17. The smallest absolute Gasteiger partial charge is 0.272 e. The van der Waals surface area contributed by atoms with Crippen molar-refractivity contribution in [3.8, 4) is 23.2 Å². The highest BCUT2D eigenvalue weighted by Gasteiger charge is 2.31. The molecule has 4 rings (SSSR count). The Kier molecular flexibility index (Phi) is 4.91. The predicted octanol–water partition coefficient (Wildman–Crippen LogP) is 2.18. The van der Waals surface area contributed by atoms with Gasteiger partial charge in [0.2, 0.25) is 5.69 Å². The maximum Gasteiger partial charge on any atom is 0.272 e. The molecule has 8 nitrogen and oxygen atoms in total. The van der Waals surface area contributed by atoms with E-state index in [4.69, 9.17) is 10.00 Å². The van der Waals surface area contributed by atoms with Crippen LogP contribution in [0.3, 0.4) is 0 Å². The minimum absolute atomic E-state index is 0.118. The Hall–Kier alpha value is -3.80. The van der Waals surface area contributed by atoms with Crippen molar-refractivity contribution < 1.29 is 13.9 Å². The van der Waals surface area contributed by atoms with E-state index >= 15 is 0 Å². The van der Waals surface area contributed by atoms with Crippen LogP contribution in [0.25, 0.3) is 11.3 Å². The van der Waals surface area contributed by atoms with Crippen molar-refractivity contribution in [2.75, 3.05) is 13.1 Å². The molecule has 0 spiro atoms. The van der Waals surface area contributed by atoms with E-state index in [0.29, 0.717) is 30.9 Å². The second-order valence-electron chi connectivity index (χ2n) is 6.65. The molecule has 0 radical (unpaired) electrons. The third-order valence-corrected chi connectivity index (χ3v) is 4.72. The number of likely N-dealkylation sites (tertiary alicyclic amines) is 1. The summed E-state index contributed by atoms with van der Waals surface area (Å²) in [5.41, 5.74) is 1.88. The molecule has 3 heterocycles. The summed E-state index contributed by atoms with van der Waals surface area (Å²) >= 11 is 0. The second kappa shape index (κ2) is 7.67. The Balaban J connectivity index is 1.47. The summed E-state index contributed by atoms with van der Waals surface area (Å²) in [6.45, 7) is 0.889. The molecule has 29 heavy (non-hydrogen) atoms. The summed E-state index contributed by atoms with van der Waals surface area (Å²) in [5, 5.41) is 13.5. The Morgan fingerprint density at radius 1 is 1.28 bits per heavy atom. The van der Waals surface area contributed by atoms with Crippen molar-refractivity contribution in [2.24, 2.45) is 7.05 Å². The van der Waals surface area contributed by atoms with E-state index in [1.165, 1.54) is 29.2 Å². The molecule has 0 aliphatic carbocycles. The third kappa shape index (κ3) is 3.78. The van der Waals surface area contributed by atoms with Crippen LogP contribution >= 0.6 is 0 Å². The molecule has 1 amide bonds. The monoisotopic (exact) mass is 392 g/mol. The summed E-state index contributed by atoms with van der Waals surface area (Å²) in [6.07, 6.45) is 3.24. The molecule has 0 bridgehead atoms. The van der Waals surface area contributed by atoms with E-state index in [0.717, 1.165) is 5.56 Å². The van der Waals surface area contributed by atoms with Gasteiger partial charge in [0.1, 0.15) is 23.7 Å². The topological polar surface area (TPSA) is 96.9 Å². The molecule has 146 valence electrons. The highest BCUT2D eigenvalue weighted by Crippen LogP contribution is 2.23. The van der Waals surface area contributed by atoms with E-state index in [2.05, 4.69) is 15.1 Å². The average molecular weight is 392 g/mol. The zero-order valence-corrected chi connectivity index (χ0v) is 15.6. The molecule has 0 saturated carbocycles. The molecular formula is C20H17FN6O2. The molecular weight excluding hydrogens is 375 g/mol. The highest BCUT2D eigenvalue weighted by molar-refractivity contribution is 5.94. The fourth-order valence-electron chi connectivity index (χ4n) is 3.25. The van der Waals surface area contributed by atoms with E-state index in [1.807, 2.05) is 6.07 Å². The SMILES string of the molecule is Cn1nc(-c2ccc(F)cc2)cc1C(=O)N1CCC(Oc2nccnc2C#N)C1. The van der Waals surface area contributed by atoms with Crippen molar-refractivity contribution in [1.29, 1.82) is 5.26 Å². The van der Waals surface area contributed by atoms with Crippen molar-refractivity contribution in [3.63, 3.8) is 0 Å². The van der Waals surface area contributed by atoms with Crippen LogP contribution in [-0.4, -0.2) is 49.7 Å². The normalized spacial score (nSPS) is 15.9. The van der Waals surface area contributed by atoms with E-state index in [9.17, 15) is 9.18 Å². The summed E-state index contributed by atoms with van der Waals surface area (Å²) in [6, 6.07) is 9.60. The minimum Gasteiger partial charge on any atom is -0.470 e. The molecule has 0 N–H and O–H groups in total. The zero-order chi connectivity index (χ0) is 20.4. The second-order valence-corrected chi connectivity index (χ2v) is 6.65. The van der Waals surface area contributed by atoms with Crippen molar-refractivity contribution in [1.82, 2.24) is 24.6 Å². The van der Waals surface area contributed by atoms with Gasteiger partial charge in [0, 0.05) is 38.0 Å². The average Bonchev–Trinajstić information content (AvgIpc) is 3.35. The highest BCUT2D eigenvalue weighted by atomic mass is 19.1. The molecule has 1 fully saturated rings. The van der Waals surface area contributed by atoms with Crippen LogP contribution in [0.5, 0.6) is 5.88 Å². The van der Waals surface area contributed by atoms with Crippen LogP contribution in [0.2, 0.25) is 0 Å². The van der Waals surface area contributed by atoms with Gasteiger partial charge in [0.25, 0.3) is 11.8 Å². The number of nitriles is 1. The Labute approximate surface area is 166 Å². The number of hydrogen-bond donors (Lipinski definition) is 0. The van der Waals surface area contributed by atoms with E-state index in [-0.39, 0.29) is 29.4 Å². The molecule has 1 aliphatic rings. The summed E-state index contributed by atoms with van der Waals surface area (Å²) < 4.78 is 20.4. The van der Waals surface area contributed by atoms with Gasteiger partial charge in [-0.25, -0.2) is 14.4 Å². The number of rotatable bonds is 4. The maximum absolute atomic E-state index is 13.1. The lowest BCUT2D eigenvalue weighted by atomic mass is 10.1. The van der Waals surface area contributed by atoms with E-state index in [1.54, 1.807) is 30.1 Å². The number of ether oxygens (including phenoxy) is 1. The molecule has 1 unspecified atom stereocenters. The van der Waals surface area contributed by atoms with E-state index < -0.39 is 0 Å². The number of carbonyl (C=O) groups excluding carboxylic acids is 1. The number of hydrogen-bond acceptors (Lipinski definition) is 6. The number of amides is 1. The molecule has 2 aromatic heterocycles. The van der Waals surface area contributed by atoms with Gasteiger partial charge >= 0.3 is 0 Å². The molecule has 1 atom stereocenters. The number of halogens is 1. The lowest BCUT2D eigenvalue weighted by molar-refractivity contribution is 0.0760. The van der Waals surface area contributed by atoms with Crippen LogP contribution in [0.15, 0.2) is 42.7 Å². The van der Waals surface area contributed by atoms with Crippen LogP contribution in [0.1, 0.15) is 22.6 Å². The van der Waals surface area contributed by atoms with Crippen LogP contribution in [0.4, 0.5) is 4.39 Å².